The van der Waals surface area contributed by atoms with Crippen LogP contribution >= 0.6 is 11.8 Å². The molecule has 1 saturated heterocycles. The van der Waals surface area contributed by atoms with Gasteiger partial charge in [0.15, 0.2) is 0 Å². The van der Waals surface area contributed by atoms with E-state index < -0.39 is 17.9 Å². The van der Waals surface area contributed by atoms with Gasteiger partial charge >= 0.3 is 0 Å². The number of nitrogens with one attached hydrogen (secondary N) is 1. The van der Waals surface area contributed by atoms with Gasteiger partial charge in [-0.05, 0) is 6.92 Å². The molecule has 96 valence electrons. The zero-order valence-corrected chi connectivity index (χ0v) is 11.4. The second-order valence-corrected chi connectivity index (χ2v) is 6.81. The van der Waals surface area contributed by atoms with Crippen LogP contribution in [0.15, 0.2) is 0 Å². The molecule has 3 amide bonds. The summed E-state index contributed by atoms with van der Waals surface area (Å²) in [5.74, 6) is -0.702. The molecule has 5 nitrogen and oxygen atoms in total. The Morgan fingerprint density at radius 2 is 2.06 bits per heavy atom. The lowest BCUT2D eigenvalue weighted by Crippen LogP contribution is -2.59. The lowest BCUT2D eigenvalue weighted by Gasteiger charge is -2.32. The minimum absolute atomic E-state index is 0.0129. The van der Waals surface area contributed by atoms with Crippen molar-refractivity contribution >= 4 is 29.5 Å². The van der Waals surface area contributed by atoms with Crippen molar-refractivity contribution in [1.29, 1.82) is 0 Å². The van der Waals surface area contributed by atoms with Gasteiger partial charge in [0.1, 0.15) is 12.6 Å². The fourth-order valence-corrected chi connectivity index (χ4v) is 2.10. The molecule has 17 heavy (non-hydrogen) atoms. The average molecular weight is 258 g/mol. The van der Waals surface area contributed by atoms with Gasteiger partial charge in [-0.1, -0.05) is 20.8 Å². The summed E-state index contributed by atoms with van der Waals surface area (Å²) in [6.45, 7) is 7.64. The van der Waals surface area contributed by atoms with E-state index >= 15 is 0 Å². The predicted octanol–water partition coefficient (Wildman–Crippen LogP) is 0.392. The molecule has 0 spiro atoms. The smallest absolute Gasteiger partial charge is 0.249 e. The van der Waals surface area contributed by atoms with Gasteiger partial charge in [0.25, 0.3) is 0 Å². The van der Waals surface area contributed by atoms with Crippen LogP contribution < -0.4 is 5.32 Å². The van der Waals surface area contributed by atoms with Crippen molar-refractivity contribution in [3.05, 3.63) is 0 Å². The molecule has 0 aliphatic carbocycles. The van der Waals surface area contributed by atoms with E-state index in [9.17, 15) is 14.4 Å². The molecule has 1 unspecified atom stereocenters. The molecule has 1 fully saturated rings. The van der Waals surface area contributed by atoms with Crippen LogP contribution in [0, 0.1) is 0 Å². The third-order valence-corrected chi connectivity index (χ3v) is 3.63. The van der Waals surface area contributed by atoms with E-state index in [-0.39, 0.29) is 23.0 Å². The summed E-state index contributed by atoms with van der Waals surface area (Å²) in [6, 6.07) is -0.569. The van der Waals surface area contributed by atoms with E-state index in [0.717, 1.165) is 0 Å². The van der Waals surface area contributed by atoms with Gasteiger partial charge in [0, 0.05) is 4.75 Å². The first kappa shape index (κ1) is 14.0. The first-order chi connectivity index (χ1) is 7.70. The number of imide groups is 1. The number of piperazine rings is 1. The van der Waals surface area contributed by atoms with Crippen LogP contribution in [-0.4, -0.2) is 45.7 Å². The molecule has 6 heteroatoms. The Kier molecular flexibility index (Phi) is 4.19. The fourth-order valence-electron chi connectivity index (χ4n) is 1.38. The quantitative estimate of drug-likeness (QED) is 0.728. The summed E-state index contributed by atoms with van der Waals surface area (Å²) >= 11 is 1.51. The second-order valence-electron chi connectivity index (χ2n) is 5.01. The van der Waals surface area contributed by atoms with Crippen molar-refractivity contribution in [1.82, 2.24) is 10.2 Å². The molecule has 0 aromatic rings. The van der Waals surface area contributed by atoms with Crippen LogP contribution in [0.5, 0.6) is 0 Å². The van der Waals surface area contributed by atoms with Gasteiger partial charge in [-0.3, -0.25) is 19.7 Å². The van der Waals surface area contributed by atoms with E-state index in [0.29, 0.717) is 0 Å². The standard InChI is InChI=1S/C11H18N2O3S/c1-7-10(16)12-8(14)5-13(7)9(15)6-17-11(2,3)4/h7H,5-6H2,1-4H3,(H,12,14,16). The van der Waals surface area contributed by atoms with Gasteiger partial charge in [-0.25, -0.2) is 0 Å². The number of amides is 3. The van der Waals surface area contributed by atoms with Crippen molar-refractivity contribution in [2.24, 2.45) is 0 Å². The third-order valence-electron chi connectivity index (χ3n) is 2.37. The number of thioether (sulfide) groups is 1. The average Bonchev–Trinajstić information content (AvgIpc) is 2.19. The normalized spacial score (nSPS) is 21.4. The molecule has 1 N–H and O–H groups in total. The number of carbonyl (C=O) groups is 3. The summed E-state index contributed by atoms with van der Waals surface area (Å²) in [5, 5.41) is 2.21. The number of hydrogen-bond donors (Lipinski definition) is 1. The third kappa shape index (κ3) is 4.03. The second kappa shape index (κ2) is 5.08. The summed E-state index contributed by atoms with van der Waals surface area (Å²) < 4.78 is -0.0129. The molecule has 0 radical (unpaired) electrons. The van der Waals surface area contributed by atoms with Crippen molar-refractivity contribution in [3.63, 3.8) is 0 Å². The first-order valence-corrected chi connectivity index (χ1v) is 6.46. The number of carbonyl (C=O) groups excluding carboxylic acids is 3. The number of hydrogen-bond acceptors (Lipinski definition) is 4. The van der Waals surface area contributed by atoms with Gasteiger partial charge in [0.05, 0.1) is 5.75 Å². The van der Waals surface area contributed by atoms with Crippen molar-refractivity contribution in [2.75, 3.05) is 12.3 Å². The largest absolute Gasteiger partial charge is 0.321 e. The van der Waals surface area contributed by atoms with E-state index in [4.69, 9.17) is 0 Å². The lowest BCUT2D eigenvalue weighted by atomic mass is 10.2. The van der Waals surface area contributed by atoms with Crippen LogP contribution in [0.4, 0.5) is 0 Å². The van der Waals surface area contributed by atoms with Crippen LogP contribution in [0.25, 0.3) is 0 Å². The van der Waals surface area contributed by atoms with E-state index in [2.05, 4.69) is 5.32 Å². The molecule has 0 aromatic carbocycles. The Hall–Kier alpha value is -1.04. The Bertz CT molecular complexity index is 349. The summed E-state index contributed by atoms with van der Waals surface area (Å²) in [5.41, 5.74) is 0. The highest BCUT2D eigenvalue weighted by molar-refractivity contribution is 8.01. The number of rotatable bonds is 2. The van der Waals surface area contributed by atoms with Crippen molar-refractivity contribution in [3.8, 4) is 0 Å². The van der Waals surface area contributed by atoms with Gasteiger partial charge in [-0.2, -0.15) is 0 Å². The maximum absolute atomic E-state index is 11.9. The molecule has 1 aliphatic rings. The summed E-state index contributed by atoms with van der Waals surface area (Å²) in [7, 11) is 0. The highest BCUT2D eigenvalue weighted by Crippen LogP contribution is 2.23. The summed E-state index contributed by atoms with van der Waals surface area (Å²) in [6.07, 6.45) is 0. The highest BCUT2D eigenvalue weighted by atomic mass is 32.2. The monoisotopic (exact) mass is 258 g/mol. The van der Waals surface area contributed by atoms with Crippen molar-refractivity contribution in [2.45, 2.75) is 38.5 Å². The minimum Gasteiger partial charge on any atom is -0.321 e. The molecule has 1 heterocycles. The molecule has 1 atom stereocenters. The van der Waals surface area contributed by atoms with Gasteiger partial charge in [-0.15, -0.1) is 11.8 Å². The topological polar surface area (TPSA) is 66.5 Å². The Balaban J connectivity index is 2.61. The zero-order valence-electron chi connectivity index (χ0n) is 10.6. The first-order valence-electron chi connectivity index (χ1n) is 5.48. The van der Waals surface area contributed by atoms with Crippen LogP contribution in [-0.2, 0) is 14.4 Å². The van der Waals surface area contributed by atoms with Crippen LogP contribution in [0.3, 0.4) is 0 Å². The molecular formula is C11H18N2O3S. The summed E-state index contributed by atoms with van der Waals surface area (Å²) in [4.78, 5) is 35.8. The molecule has 1 aliphatic heterocycles. The Labute approximate surface area is 105 Å². The minimum atomic E-state index is -0.569. The highest BCUT2D eigenvalue weighted by Gasteiger charge is 2.33. The molecular weight excluding hydrogens is 240 g/mol. The maximum Gasteiger partial charge on any atom is 0.249 e. The van der Waals surface area contributed by atoms with E-state index in [1.54, 1.807) is 6.92 Å². The lowest BCUT2D eigenvalue weighted by molar-refractivity contribution is -0.148. The number of nitrogens with zero attached hydrogens (tertiary/aromatic N) is 1. The zero-order chi connectivity index (χ0) is 13.2. The van der Waals surface area contributed by atoms with Crippen LogP contribution in [0.2, 0.25) is 0 Å². The fraction of sp³-hybridized carbons (Fsp3) is 0.727. The van der Waals surface area contributed by atoms with E-state index in [1.807, 2.05) is 20.8 Å². The van der Waals surface area contributed by atoms with Gasteiger partial charge in [0.2, 0.25) is 17.7 Å². The Morgan fingerprint density at radius 3 is 2.59 bits per heavy atom. The molecule has 0 aromatic heterocycles. The molecule has 1 rings (SSSR count). The van der Waals surface area contributed by atoms with Crippen molar-refractivity contribution < 1.29 is 14.4 Å². The molecule has 0 bridgehead atoms. The Morgan fingerprint density at radius 1 is 1.47 bits per heavy atom. The van der Waals surface area contributed by atoms with E-state index in [1.165, 1.54) is 16.7 Å². The molecule has 0 saturated carbocycles. The van der Waals surface area contributed by atoms with Crippen LogP contribution in [0.1, 0.15) is 27.7 Å². The SMILES string of the molecule is CC1C(=O)NC(=O)CN1C(=O)CSC(C)(C)C. The maximum atomic E-state index is 11.9. The van der Waals surface area contributed by atoms with Gasteiger partial charge < -0.3 is 4.90 Å². The predicted molar refractivity (Wildman–Crippen MR) is 66.5 cm³/mol.